The van der Waals surface area contributed by atoms with Crippen molar-refractivity contribution in [3.63, 3.8) is 0 Å². The van der Waals surface area contributed by atoms with Crippen molar-refractivity contribution in [1.82, 2.24) is 10.2 Å². The highest BCUT2D eigenvalue weighted by molar-refractivity contribution is 5.88. The fraction of sp³-hybridized carbons (Fsp3) is 0.481. The summed E-state index contributed by atoms with van der Waals surface area (Å²) < 4.78 is 5.78. The summed E-state index contributed by atoms with van der Waals surface area (Å²) in [4.78, 5) is 27.5. The molecule has 0 aliphatic carbocycles. The molecule has 2 amide bonds. The number of hydrogen-bond donors (Lipinski definition) is 1. The van der Waals surface area contributed by atoms with Crippen LogP contribution < -0.4 is 10.1 Å². The van der Waals surface area contributed by atoms with E-state index in [0.717, 1.165) is 17.5 Å². The summed E-state index contributed by atoms with van der Waals surface area (Å²) in [6, 6.07) is 15.3. The second-order valence-electron chi connectivity index (χ2n) is 9.56. The molecule has 0 aromatic heterocycles. The van der Waals surface area contributed by atoms with Gasteiger partial charge in [-0.15, -0.1) is 0 Å². The van der Waals surface area contributed by atoms with E-state index in [1.807, 2.05) is 69.3 Å². The van der Waals surface area contributed by atoms with Crippen molar-refractivity contribution in [2.24, 2.45) is 0 Å². The first-order valence-corrected chi connectivity index (χ1v) is 11.4. The van der Waals surface area contributed by atoms with Crippen LogP contribution in [0.2, 0.25) is 0 Å². The number of hydrogen-bond acceptors (Lipinski definition) is 3. The van der Waals surface area contributed by atoms with Gasteiger partial charge in [0.25, 0.3) is 5.91 Å². The average molecular weight is 439 g/mol. The van der Waals surface area contributed by atoms with E-state index in [1.54, 1.807) is 11.8 Å². The molecular formula is C27H38N2O3. The number of ether oxygens (including phenoxy) is 1. The third-order valence-electron chi connectivity index (χ3n) is 5.72. The van der Waals surface area contributed by atoms with Gasteiger partial charge in [-0.05, 0) is 55.9 Å². The molecule has 0 spiro atoms. The predicted octanol–water partition coefficient (Wildman–Crippen LogP) is 5.00. The van der Waals surface area contributed by atoms with Crippen LogP contribution in [0, 0.1) is 6.92 Å². The van der Waals surface area contributed by atoms with Crippen molar-refractivity contribution < 1.29 is 14.3 Å². The van der Waals surface area contributed by atoms with E-state index >= 15 is 0 Å². The van der Waals surface area contributed by atoms with Gasteiger partial charge in [0.05, 0.1) is 0 Å². The number of rotatable bonds is 9. The second-order valence-corrected chi connectivity index (χ2v) is 9.56. The van der Waals surface area contributed by atoms with Crippen molar-refractivity contribution in [2.75, 3.05) is 6.61 Å². The lowest BCUT2D eigenvalue weighted by molar-refractivity contribution is -0.142. The lowest BCUT2D eigenvalue weighted by atomic mass is 9.87. The zero-order valence-corrected chi connectivity index (χ0v) is 20.6. The van der Waals surface area contributed by atoms with E-state index in [-0.39, 0.29) is 29.9 Å². The summed E-state index contributed by atoms with van der Waals surface area (Å²) in [5.74, 6) is 0.255. The van der Waals surface area contributed by atoms with Crippen LogP contribution in [-0.4, -0.2) is 35.4 Å². The standard InChI is InChI=1S/C27H38N2O3/c1-8-20(3)28-26(31)21(4)29(17-22-11-9-19(2)10-12-22)25(30)18-32-24-15-13-23(14-16-24)27(5,6)7/h9-16,20-21H,8,17-18H2,1-7H3,(H,28,31)/t20-,21+/m0/s1. The third-order valence-corrected chi connectivity index (χ3v) is 5.72. The molecule has 0 aliphatic heterocycles. The van der Waals surface area contributed by atoms with Gasteiger partial charge in [-0.25, -0.2) is 0 Å². The molecular weight excluding hydrogens is 400 g/mol. The molecule has 5 nitrogen and oxygen atoms in total. The summed E-state index contributed by atoms with van der Waals surface area (Å²) in [6.45, 7) is 14.5. The Morgan fingerprint density at radius 1 is 1.00 bits per heavy atom. The number of benzene rings is 2. The number of carbonyl (C=O) groups is 2. The lowest BCUT2D eigenvalue weighted by Crippen LogP contribution is -2.50. The highest BCUT2D eigenvalue weighted by Gasteiger charge is 2.27. The summed E-state index contributed by atoms with van der Waals surface area (Å²) in [7, 11) is 0. The molecule has 2 atom stereocenters. The number of nitrogens with zero attached hydrogens (tertiary/aromatic N) is 1. The van der Waals surface area contributed by atoms with Crippen molar-refractivity contribution in [2.45, 2.75) is 78.9 Å². The van der Waals surface area contributed by atoms with Gasteiger partial charge in [0, 0.05) is 12.6 Å². The highest BCUT2D eigenvalue weighted by Crippen LogP contribution is 2.24. The van der Waals surface area contributed by atoms with Gasteiger partial charge in [0.15, 0.2) is 6.61 Å². The average Bonchev–Trinajstić information content (AvgIpc) is 2.76. The first-order valence-electron chi connectivity index (χ1n) is 11.4. The molecule has 0 fully saturated rings. The van der Waals surface area contributed by atoms with Crippen LogP contribution in [0.4, 0.5) is 0 Å². The molecule has 0 saturated heterocycles. The Balaban J connectivity index is 2.13. The first-order chi connectivity index (χ1) is 15.0. The quantitative estimate of drug-likeness (QED) is 0.599. The molecule has 174 valence electrons. The van der Waals surface area contributed by atoms with Gasteiger partial charge in [-0.1, -0.05) is 69.7 Å². The summed E-state index contributed by atoms with van der Waals surface area (Å²) >= 11 is 0. The van der Waals surface area contributed by atoms with Crippen LogP contribution in [0.25, 0.3) is 0 Å². The maximum atomic E-state index is 13.1. The molecule has 2 rings (SSSR count). The maximum absolute atomic E-state index is 13.1. The predicted molar refractivity (Wildman–Crippen MR) is 130 cm³/mol. The fourth-order valence-electron chi connectivity index (χ4n) is 3.22. The van der Waals surface area contributed by atoms with E-state index < -0.39 is 6.04 Å². The van der Waals surface area contributed by atoms with Gasteiger partial charge >= 0.3 is 0 Å². The normalized spacial score (nSPS) is 13.2. The number of carbonyl (C=O) groups excluding carboxylic acids is 2. The third kappa shape index (κ3) is 7.40. The molecule has 0 saturated carbocycles. The number of aryl methyl sites for hydroxylation is 1. The van der Waals surface area contributed by atoms with Crippen molar-refractivity contribution in [3.05, 3.63) is 65.2 Å². The molecule has 0 radical (unpaired) electrons. The van der Waals surface area contributed by atoms with E-state index in [2.05, 4.69) is 26.1 Å². The Bertz CT molecular complexity index is 883. The van der Waals surface area contributed by atoms with Crippen LogP contribution in [0.1, 0.15) is 64.7 Å². The zero-order chi connectivity index (χ0) is 23.9. The molecule has 32 heavy (non-hydrogen) atoms. The highest BCUT2D eigenvalue weighted by atomic mass is 16.5. The summed E-state index contributed by atoms with van der Waals surface area (Å²) in [5.41, 5.74) is 3.38. The van der Waals surface area contributed by atoms with Crippen molar-refractivity contribution in [3.8, 4) is 5.75 Å². The monoisotopic (exact) mass is 438 g/mol. The summed E-state index contributed by atoms with van der Waals surface area (Å²) in [5, 5.41) is 2.98. The Kier molecular flexibility index (Phi) is 8.88. The molecule has 2 aromatic carbocycles. The van der Waals surface area contributed by atoms with Gasteiger partial charge in [-0.3, -0.25) is 9.59 Å². The van der Waals surface area contributed by atoms with Crippen LogP contribution in [0.15, 0.2) is 48.5 Å². The van der Waals surface area contributed by atoms with Crippen LogP contribution in [-0.2, 0) is 21.5 Å². The van der Waals surface area contributed by atoms with Crippen LogP contribution in [0.3, 0.4) is 0 Å². The molecule has 0 aliphatic rings. The minimum absolute atomic E-state index is 0.0532. The van der Waals surface area contributed by atoms with Crippen molar-refractivity contribution in [1.29, 1.82) is 0 Å². The lowest BCUT2D eigenvalue weighted by Gasteiger charge is -2.29. The van der Waals surface area contributed by atoms with E-state index in [1.165, 1.54) is 5.56 Å². The topological polar surface area (TPSA) is 58.6 Å². The Labute approximate surface area is 193 Å². The SMILES string of the molecule is CC[C@H](C)NC(=O)[C@@H](C)N(Cc1ccc(C)cc1)C(=O)COc1ccc(C(C)(C)C)cc1. The van der Waals surface area contributed by atoms with Gasteiger partial charge in [-0.2, -0.15) is 0 Å². The molecule has 0 heterocycles. The van der Waals surface area contributed by atoms with E-state index in [0.29, 0.717) is 12.3 Å². The fourth-order valence-corrected chi connectivity index (χ4v) is 3.22. The number of nitrogens with one attached hydrogen (secondary N) is 1. The molecule has 5 heteroatoms. The van der Waals surface area contributed by atoms with Gasteiger partial charge < -0.3 is 15.0 Å². The molecule has 0 bridgehead atoms. The van der Waals surface area contributed by atoms with Crippen LogP contribution >= 0.6 is 0 Å². The smallest absolute Gasteiger partial charge is 0.261 e. The maximum Gasteiger partial charge on any atom is 0.261 e. The first kappa shape index (κ1) is 25.4. The second kappa shape index (κ2) is 11.2. The van der Waals surface area contributed by atoms with Crippen LogP contribution in [0.5, 0.6) is 5.75 Å². The Morgan fingerprint density at radius 3 is 2.12 bits per heavy atom. The molecule has 2 aromatic rings. The van der Waals surface area contributed by atoms with E-state index in [4.69, 9.17) is 4.74 Å². The largest absolute Gasteiger partial charge is 0.484 e. The van der Waals surface area contributed by atoms with E-state index in [9.17, 15) is 9.59 Å². The van der Waals surface area contributed by atoms with Gasteiger partial charge in [0.1, 0.15) is 11.8 Å². The zero-order valence-electron chi connectivity index (χ0n) is 20.6. The van der Waals surface area contributed by atoms with Gasteiger partial charge in [0.2, 0.25) is 5.91 Å². The molecule has 0 unspecified atom stereocenters. The molecule has 1 N–H and O–H groups in total. The Hall–Kier alpha value is -2.82. The summed E-state index contributed by atoms with van der Waals surface area (Å²) in [6.07, 6.45) is 0.831. The van der Waals surface area contributed by atoms with Crippen molar-refractivity contribution >= 4 is 11.8 Å². The Morgan fingerprint density at radius 2 is 1.59 bits per heavy atom. The minimum Gasteiger partial charge on any atom is -0.484 e. The minimum atomic E-state index is -0.607. The number of amides is 2.